The Bertz CT molecular complexity index is 571. The second-order valence-electron chi connectivity index (χ2n) is 4.10. The van der Waals surface area contributed by atoms with Gasteiger partial charge in [-0.15, -0.1) is 0 Å². The molecular formula is C14H17FN4. The van der Waals surface area contributed by atoms with E-state index >= 15 is 0 Å². The highest BCUT2D eigenvalue weighted by Gasteiger charge is 2.14. The molecule has 0 amide bonds. The SMILES string of the molecule is CCN(c1cc(NC)nc(C)n1)c1ccccc1F. The molecule has 0 bridgehead atoms. The van der Waals surface area contributed by atoms with Gasteiger partial charge >= 0.3 is 0 Å². The Morgan fingerprint density at radius 2 is 2.00 bits per heavy atom. The normalized spacial score (nSPS) is 10.3. The van der Waals surface area contributed by atoms with E-state index in [4.69, 9.17) is 0 Å². The van der Waals surface area contributed by atoms with E-state index in [9.17, 15) is 4.39 Å². The van der Waals surface area contributed by atoms with Crippen molar-refractivity contribution in [3.63, 3.8) is 0 Å². The van der Waals surface area contributed by atoms with E-state index in [2.05, 4.69) is 15.3 Å². The summed E-state index contributed by atoms with van der Waals surface area (Å²) in [7, 11) is 1.80. The zero-order chi connectivity index (χ0) is 13.8. The molecule has 0 saturated heterocycles. The number of nitrogens with zero attached hydrogens (tertiary/aromatic N) is 3. The third-order valence-electron chi connectivity index (χ3n) is 2.82. The maximum absolute atomic E-state index is 13.9. The second-order valence-corrected chi connectivity index (χ2v) is 4.10. The lowest BCUT2D eigenvalue weighted by Crippen LogP contribution is -2.19. The van der Waals surface area contributed by atoms with E-state index in [1.807, 2.05) is 30.9 Å². The number of hydrogen-bond donors (Lipinski definition) is 1. The van der Waals surface area contributed by atoms with Crippen LogP contribution < -0.4 is 10.2 Å². The second kappa shape index (κ2) is 5.65. The number of nitrogens with one attached hydrogen (secondary N) is 1. The summed E-state index contributed by atoms with van der Waals surface area (Å²) < 4.78 is 13.9. The van der Waals surface area contributed by atoms with Gasteiger partial charge in [0.15, 0.2) is 0 Å². The van der Waals surface area contributed by atoms with Gasteiger partial charge in [-0.1, -0.05) is 12.1 Å². The van der Waals surface area contributed by atoms with Gasteiger partial charge in [-0.05, 0) is 26.0 Å². The number of halogens is 1. The fraction of sp³-hybridized carbons (Fsp3) is 0.286. The zero-order valence-corrected chi connectivity index (χ0v) is 11.3. The lowest BCUT2D eigenvalue weighted by molar-refractivity contribution is 0.625. The Hall–Kier alpha value is -2.17. The van der Waals surface area contributed by atoms with Crippen LogP contribution in [0.25, 0.3) is 0 Å². The summed E-state index contributed by atoms with van der Waals surface area (Å²) in [6.07, 6.45) is 0. The van der Waals surface area contributed by atoms with Crippen molar-refractivity contribution in [2.45, 2.75) is 13.8 Å². The first-order valence-electron chi connectivity index (χ1n) is 6.21. The van der Waals surface area contributed by atoms with Gasteiger partial charge in [0.1, 0.15) is 23.3 Å². The molecule has 0 atom stereocenters. The van der Waals surface area contributed by atoms with Crippen LogP contribution in [0.4, 0.5) is 21.7 Å². The van der Waals surface area contributed by atoms with E-state index < -0.39 is 0 Å². The van der Waals surface area contributed by atoms with E-state index in [1.54, 1.807) is 19.2 Å². The molecule has 0 spiro atoms. The summed E-state index contributed by atoms with van der Waals surface area (Å²) in [5.41, 5.74) is 0.519. The highest BCUT2D eigenvalue weighted by molar-refractivity contribution is 5.62. The van der Waals surface area contributed by atoms with Gasteiger partial charge < -0.3 is 10.2 Å². The van der Waals surface area contributed by atoms with E-state index in [-0.39, 0.29) is 5.82 Å². The largest absolute Gasteiger partial charge is 0.373 e. The Kier molecular flexibility index (Phi) is 3.94. The molecule has 1 aromatic heterocycles. The number of anilines is 3. The monoisotopic (exact) mass is 260 g/mol. The molecule has 0 fully saturated rings. The zero-order valence-electron chi connectivity index (χ0n) is 11.3. The summed E-state index contributed by atoms with van der Waals surface area (Å²) in [5.74, 6) is 1.80. The average molecular weight is 260 g/mol. The molecule has 19 heavy (non-hydrogen) atoms. The number of aryl methyl sites for hydroxylation is 1. The van der Waals surface area contributed by atoms with Crippen molar-refractivity contribution < 1.29 is 4.39 Å². The Labute approximate surface area is 112 Å². The minimum Gasteiger partial charge on any atom is -0.373 e. The minimum absolute atomic E-state index is 0.258. The molecule has 1 aromatic carbocycles. The molecule has 1 N–H and O–H groups in total. The van der Waals surface area contributed by atoms with Crippen LogP contribution in [0.15, 0.2) is 30.3 Å². The Morgan fingerprint density at radius 3 is 2.63 bits per heavy atom. The third-order valence-corrected chi connectivity index (χ3v) is 2.82. The maximum atomic E-state index is 13.9. The van der Waals surface area contributed by atoms with Crippen molar-refractivity contribution in [1.82, 2.24) is 9.97 Å². The standard InChI is InChI=1S/C14H17FN4/c1-4-19(12-8-6-5-7-11(12)15)14-9-13(16-3)17-10(2)18-14/h5-9H,4H2,1-3H3,(H,16,17,18). The van der Waals surface area contributed by atoms with Gasteiger partial charge in [-0.2, -0.15) is 0 Å². The van der Waals surface area contributed by atoms with Crippen molar-refractivity contribution in [3.8, 4) is 0 Å². The molecule has 4 nitrogen and oxygen atoms in total. The van der Waals surface area contributed by atoms with E-state index in [0.29, 0.717) is 23.9 Å². The predicted octanol–water partition coefficient (Wildman–Crippen LogP) is 3.12. The molecular weight excluding hydrogens is 243 g/mol. The van der Waals surface area contributed by atoms with Crippen LogP contribution in [0.1, 0.15) is 12.7 Å². The summed E-state index contributed by atoms with van der Waals surface area (Å²) in [4.78, 5) is 10.4. The van der Waals surface area contributed by atoms with Crippen LogP contribution >= 0.6 is 0 Å². The highest BCUT2D eigenvalue weighted by Crippen LogP contribution is 2.27. The number of para-hydroxylation sites is 1. The summed E-state index contributed by atoms with van der Waals surface area (Å²) in [6.45, 7) is 4.41. The molecule has 2 aromatic rings. The third kappa shape index (κ3) is 2.81. The smallest absolute Gasteiger partial charge is 0.146 e. The molecule has 0 aliphatic carbocycles. The van der Waals surface area contributed by atoms with Crippen LogP contribution in [-0.4, -0.2) is 23.6 Å². The summed E-state index contributed by atoms with van der Waals surface area (Å²) in [6, 6.07) is 8.49. The first kappa shape index (κ1) is 13.3. The Balaban J connectivity index is 2.48. The average Bonchev–Trinajstić information content (AvgIpc) is 2.41. The topological polar surface area (TPSA) is 41.0 Å². The number of rotatable bonds is 4. The van der Waals surface area contributed by atoms with Gasteiger partial charge in [-0.3, -0.25) is 0 Å². The van der Waals surface area contributed by atoms with Crippen molar-refractivity contribution >= 4 is 17.3 Å². The Morgan fingerprint density at radius 1 is 1.26 bits per heavy atom. The van der Waals surface area contributed by atoms with E-state index in [1.165, 1.54) is 6.07 Å². The van der Waals surface area contributed by atoms with Crippen LogP contribution in [-0.2, 0) is 0 Å². The van der Waals surface area contributed by atoms with Crippen molar-refractivity contribution in [1.29, 1.82) is 0 Å². The van der Waals surface area contributed by atoms with Crippen LogP contribution in [0.2, 0.25) is 0 Å². The highest BCUT2D eigenvalue weighted by atomic mass is 19.1. The van der Waals surface area contributed by atoms with Crippen molar-refractivity contribution in [2.24, 2.45) is 0 Å². The quantitative estimate of drug-likeness (QED) is 0.917. The van der Waals surface area contributed by atoms with Crippen molar-refractivity contribution in [3.05, 3.63) is 42.0 Å². The molecule has 1 heterocycles. The van der Waals surface area contributed by atoms with Crippen LogP contribution in [0, 0.1) is 12.7 Å². The molecule has 0 aliphatic heterocycles. The molecule has 0 saturated carbocycles. The van der Waals surface area contributed by atoms with Gasteiger partial charge in [0.25, 0.3) is 0 Å². The predicted molar refractivity (Wildman–Crippen MR) is 75.4 cm³/mol. The van der Waals surface area contributed by atoms with E-state index in [0.717, 1.165) is 5.82 Å². The van der Waals surface area contributed by atoms with Gasteiger partial charge in [0.2, 0.25) is 0 Å². The van der Waals surface area contributed by atoms with Crippen LogP contribution in [0.5, 0.6) is 0 Å². The van der Waals surface area contributed by atoms with Crippen molar-refractivity contribution in [2.75, 3.05) is 23.8 Å². The summed E-state index contributed by atoms with van der Waals surface area (Å²) >= 11 is 0. The fourth-order valence-corrected chi connectivity index (χ4v) is 1.94. The van der Waals surface area contributed by atoms with Gasteiger partial charge in [-0.25, -0.2) is 14.4 Å². The minimum atomic E-state index is -0.258. The maximum Gasteiger partial charge on any atom is 0.146 e. The lowest BCUT2D eigenvalue weighted by atomic mass is 10.2. The molecule has 2 rings (SSSR count). The molecule has 100 valence electrons. The van der Waals surface area contributed by atoms with Gasteiger partial charge in [0.05, 0.1) is 5.69 Å². The summed E-state index contributed by atoms with van der Waals surface area (Å²) in [5, 5.41) is 2.98. The van der Waals surface area contributed by atoms with Crippen LogP contribution in [0.3, 0.4) is 0 Å². The van der Waals surface area contributed by atoms with Gasteiger partial charge in [0, 0.05) is 19.7 Å². The lowest BCUT2D eigenvalue weighted by Gasteiger charge is -2.23. The molecule has 0 unspecified atom stereocenters. The fourth-order valence-electron chi connectivity index (χ4n) is 1.94. The number of benzene rings is 1. The molecule has 0 aliphatic rings. The molecule has 5 heteroatoms. The first-order chi connectivity index (χ1) is 9.15. The number of hydrogen-bond acceptors (Lipinski definition) is 4. The molecule has 0 radical (unpaired) electrons. The number of aromatic nitrogens is 2. The first-order valence-corrected chi connectivity index (χ1v) is 6.21.